The molecule has 1 aliphatic carbocycles. The molecule has 2 aliphatic rings. The first-order valence-corrected chi connectivity index (χ1v) is 9.39. The molecule has 1 saturated carbocycles. The molecule has 1 saturated heterocycles. The molecule has 0 amide bonds. The second kappa shape index (κ2) is 11.5. The van der Waals surface area contributed by atoms with Gasteiger partial charge < -0.3 is 9.47 Å². The highest BCUT2D eigenvalue weighted by Crippen LogP contribution is 2.40. The van der Waals surface area contributed by atoms with Gasteiger partial charge in [0.25, 0.3) is 0 Å². The van der Waals surface area contributed by atoms with Crippen LogP contribution in [-0.4, -0.2) is 25.9 Å². The summed E-state index contributed by atoms with van der Waals surface area (Å²) >= 11 is 0. The highest BCUT2D eigenvalue weighted by molar-refractivity contribution is 4.82. The molecule has 2 fully saturated rings. The standard InChI is InChI=1S/C11H22O.C8H16O/c1-3-4-5-9-12-10-11(2)7-6-8-11;1-2-3-4-5-6-8-7-9-8/h3-10H2,1-2H3;8H,2-7H2,1H3. The van der Waals surface area contributed by atoms with E-state index in [1.807, 2.05) is 0 Å². The largest absolute Gasteiger partial charge is 0.381 e. The molecule has 2 nitrogen and oxygen atoms in total. The van der Waals surface area contributed by atoms with E-state index in [-0.39, 0.29) is 0 Å². The molecule has 0 aromatic rings. The second-order valence-corrected chi connectivity index (χ2v) is 7.23. The maximum Gasteiger partial charge on any atom is 0.0810 e. The van der Waals surface area contributed by atoms with Gasteiger partial charge in [0.1, 0.15) is 0 Å². The molecule has 0 bridgehead atoms. The van der Waals surface area contributed by atoms with Gasteiger partial charge in [-0.2, -0.15) is 0 Å². The van der Waals surface area contributed by atoms with E-state index < -0.39 is 0 Å². The first-order chi connectivity index (χ1) is 10.2. The minimum atomic E-state index is 0.548. The quantitative estimate of drug-likeness (QED) is 0.358. The molecular weight excluding hydrogens is 260 g/mol. The third-order valence-electron chi connectivity index (χ3n) is 4.69. The lowest BCUT2D eigenvalue weighted by Gasteiger charge is -2.37. The Morgan fingerprint density at radius 2 is 1.67 bits per heavy atom. The van der Waals surface area contributed by atoms with E-state index >= 15 is 0 Å². The number of hydrogen-bond acceptors (Lipinski definition) is 2. The van der Waals surface area contributed by atoms with Crippen LogP contribution in [0.1, 0.15) is 91.4 Å². The Kier molecular flexibility index (Phi) is 10.4. The number of epoxide rings is 1. The summed E-state index contributed by atoms with van der Waals surface area (Å²) < 4.78 is 10.7. The van der Waals surface area contributed by atoms with Crippen molar-refractivity contribution in [3.8, 4) is 0 Å². The van der Waals surface area contributed by atoms with Crippen LogP contribution in [0.3, 0.4) is 0 Å². The smallest absolute Gasteiger partial charge is 0.0810 e. The highest BCUT2D eigenvalue weighted by Gasteiger charge is 2.31. The summed E-state index contributed by atoms with van der Waals surface area (Å²) in [5.74, 6) is 0. The monoisotopic (exact) mass is 298 g/mol. The second-order valence-electron chi connectivity index (χ2n) is 7.23. The molecule has 0 radical (unpaired) electrons. The van der Waals surface area contributed by atoms with E-state index in [0.29, 0.717) is 11.5 Å². The van der Waals surface area contributed by atoms with Gasteiger partial charge in [-0.1, -0.05) is 65.7 Å². The van der Waals surface area contributed by atoms with Gasteiger partial charge in [-0.05, 0) is 31.1 Å². The predicted octanol–water partition coefficient (Wildman–Crippen LogP) is 5.74. The molecule has 0 aromatic heterocycles. The van der Waals surface area contributed by atoms with Crippen molar-refractivity contribution in [3.63, 3.8) is 0 Å². The summed E-state index contributed by atoms with van der Waals surface area (Å²) in [6.07, 6.45) is 15.5. The van der Waals surface area contributed by atoms with Crippen LogP contribution in [0.15, 0.2) is 0 Å². The Morgan fingerprint density at radius 3 is 2.19 bits per heavy atom. The van der Waals surface area contributed by atoms with Gasteiger partial charge >= 0.3 is 0 Å². The van der Waals surface area contributed by atoms with Crippen molar-refractivity contribution >= 4 is 0 Å². The molecule has 1 atom stereocenters. The summed E-state index contributed by atoms with van der Waals surface area (Å²) in [5, 5.41) is 0. The van der Waals surface area contributed by atoms with E-state index in [1.54, 1.807) is 0 Å². The number of hydrogen-bond donors (Lipinski definition) is 0. The fourth-order valence-electron chi connectivity index (χ4n) is 2.73. The predicted molar refractivity (Wildman–Crippen MR) is 90.8 cm³/mol. The molecule has 1 aliphatic heterocycles. The number of rotatable bonds is 11. The fraction of sp³-hybridized carbons (Fsp3) is 1.00. The minimum Gasteiger partial charge on any atom is -0.381 e. The Bertz CT molecular complexity index is 232. The van der Waals surface area contributed by atoms with E-state index in [4.69, 9.17) is 9.47 Å². The van der Waals surface area contributed by atoms with Gasteiger partial charge in [-0.3, -0.25) is 0 Å². The van der Waals surface area contributed by atoms with Crippen LogP contribution in [0.4, 0.5) is 0 Å². The highest BCUT2D eigenvalue weighted by atomic mass is 16.6. The van der Waals surface area contributed by atoms with E-state index in [0.717, 1.165) is 19.8 Å². The van der Waals surface area contributed by atoms with Gasteiger partial charge in [0.05, 0.1) is 19.3 Å². The SMILES string of the molecule is CCCCCCC1CO1.CCCCCOCC1(C)CCC1. The van der Waals surface area contributed by atoms with Crippen LogP contribution in [0.25, 0.3) is 0 Å². The first-order valence-electron chi connectivity index (χ1n) is 9.39. The summed E-state index contributed by atoms with van der Waals surface area (Å²) in [4.78, 5) is 0. The molecule has 0 spiro atoms. The molecule has 1 unspecified atom stereocenters. The number of unbranched alkanes of at least 4 members (excludes halogenated alkanes) is 5. The van der Waals surface area contributed by atoms with Crippen LogP contribution in [-0.2, 0) is 9.47 Å². The minimum absolute atomic E-state index is 0.548. The zero-order valence-corrected chi connectivity index (χ0v) is 14.8. The first kappa shape index (κ1) is 19.0. The lowest BCUT2D eigenvalue weighted by atomic mass is 9.71. The molecule has 0 aromatic carbocycles. The van der Waals surface area contributed by atoms with Crippen molar-refractivity contribution < 1.29 is 9.47 Å². The zero-order valence-electron chi connectivity index (χ0n) is 14.8. The van der Waals surface area contributed by atoms with Crippen molar-refractivity contribution in [3.05, 3.63) is 0 Å². The molecule has 21 heavy (non-hydrogen) atoms. The summed E-state index contributed by atoms with van der Waals surface area (Å²) in [6.45, 7) is 9.82. The van der Waals surface area contributed by atoms with Crippen molar-refractivity contribution in [1.29, 1.82) is 0 Å². The molecule has 1 heterocycles. The maximum absolute atomic E-state index is 5.64. The van der Waals surface area contributed by atoms with Gasteiger partial charge in [-0.15, -0.1) is 0 Å². The van der Waals surface area contributed by atoms with Crippen LogP contribution in [0.2, 0.25) is 0 Å². The average Bonchev–Trinajstić information content (AvgIpc) is 3.26. The third kappa shape index (κ3) is 10.3. The van der Waals surface area contributed by atoms with Crippen molar-refractivity contribution in [1.82, 2.24) is 0 Å². The number of ether oxygens (including phenoxy) is 2. The molecule has 0 N–H and O–H groups in total. The van der Waals surface area contributed by atoms with Gasteiger partial charge in [-0.25, -0.2) is 0 Å². The lowest BCUT2D eigenvalue weighted by molar-refractivity contribution is 0.00556. The Morgan fingerprint density at radius 1 is 1.00 bits per heavy atom. The van der Waals surface area contributed by atoms with Crippen molar-refractivity contribution in [2.45, 2.75) is 97.5 Å². The van der Waals surface area contributed by atoms with Gasteiger partial charge in [0.2, 0.25) is 0 Å². The maximum atomic E-state index is 5.64. The van der Waals surface area contributed by atoms with Crippen LogP contribution in [0, 0.1) is 5.41 Å². The van der Waals surface area contributed by atoms with Crippen LogP contribution < -0.4 is 0 Å². The lowest BCUT2D eigenvalue weighted by Crippen LogP contribution is -2.31. The van der Waals surface area contributed by atoms with Crippen molar-refractivity contribution in [2.75, 3.05) is 19.8 Å². The zero-order chi connectivity index (χ0) is 15.4. The van der Waals surface area contributed by atoms with Gasteiger partial charge in [0.15, 0.2) is 0 Å². The normalized spacial score (nSPS) is 22.1. The average molecular weight is 299 g/mol. The third-order valence-corrected chi connectivity index (χ3v) is 4.69. The van der Waals surface area contributed by atoms with E-state index in [9.17, 15) is 0 Å². The van der Waals surface area contributed by atoms with Gasteiger partial charge in [0, 0.05) is 6.61 Å². The Hall–Kier alpha value is -0.0800. The topological polar surface area (TPSA) is 21.8 Å². The van der Waals surface area contributed by atoms with Crippen LogP contribution in [0.5, 0.6) is 0 Å². The van der Waals surface area contributed by atoms with E-state index in [2.05, 4.69) is 20.8 Å². The van der Waals surface area contributed by atoms with E-state index in [1.165, 1.54) is 70.6 Å². The molecular formula is C19H38O2. The molecule has 2 heteroatoms. The molecule has 2 rings (SSSR count). The Labute approximate surface area is 133 Å². The fourth-order valence-corrected chi connectivity index (χ4v) is 2.73. The van der Waals surface area contributed by atoms with Crippen molar-refractivity contribution in [2.24, 2.45) is 5.41 Å². The Balaban J connectivity index is 0.000000219. The summed E-state index contributed by atoms with van der Waals surface area (Å²) in [6, 6.07) is 0. The van der Waals surface area contributed by atoms with Crippen LogP contribution >= 0.6 is 0 Å². The summed E-state index contributed by atoms with van der Waals surface area (Å²) in [5.41, 5.74) is 0.548. The summed E-state index contributed by atoms with van der Waals surface area (Å²) in [7, 11) is 0. The molecule has 126 valence electrons.